The normalized spacial score (nSPS) is 19.3. The Bertz CT molecular complexity index is 1530. The second kappa shape index (κ2) is 10.2. The van der Waals surface area contributed by atoms with E-state index in [1.165, 1.54) is 39.6 Å². The number of aryl methyl sites for hydroxylation is 2. The zero-order valence-corrected chi connectivity index (χ0v) is 24.5. The zero-order valence-electron chi connectivity index (χ0n) is 22.1. The fourth-order valence-corrected chi connectivity index (χ4v) is 9.23. The number of carbonyl (C=O) groups excluding carboxylic acids is 1. The number of benzene rings is 4. The highest BCUT2D eigenvalue weighted by Crippen LogP contribution is 2.70. The molecule has 6 heteroatoms. The molecule has 0 fully saturated rings. The molecule has 4 aromatic rings. The maximum Gasteiger partial charge on any atom is 0.187 e. The predicted octanol–water partition coefficient (Wildman–Crippen LogP) is 8.77. The molecule has 0 N–H and O–H groups in total. The molecule has 4 aromatic carbocycles. The molecule has 0 saturated heterocycles. The summed E-state index contributed by atoms with van der Waals surface area (Å²) >= 11 is 9.84. The summed E-state index contributed by atoms with van der Waals surface area (Å²) in [6.07, 6.45) is 1.97. The average molecular weight is 569 g/mol. The quantitative estimate of drug-likeness (QED) is 0.233. The van der Waals surface area contributed by atoms with Gasteiger partial charge in [-0.3, -0.25) is 4.79 Å². The number of anilines is 1. The van der Waals surface area contributed by atoms with Crippen LogP contribution in [0.15, 0.2) is 102 Å². The second-order valence-corrected chi connectivity index (χ2v) is 13.2. The third kappa shape index (κ3) is 4.23. The van der Waals surface area contributed by atoms with Gasteiger partial charge >= 0.3 is 0 Å². The van der Waals surface area contributed by atoms with Crippen molar-refractivity contribution in [1.29, 1.82) is 0 Å². The summed E-state index contributed by atoms with van der Waals surface area (Å²) in [6.45, 7) is 5.95. The summed E-state index contributed by atoms with van der Waals surface area (Å²) in [7, 11) is 0. The third-order valence-electron chi connectivity index (χ3n) is 7.53. The molecule has 39 heavy (non-hydrogen) atoms. The van der Waals surface area contributed by atoms with Crippen LogP contribution in [0.4, 0.5) is 5.69 Å². The minimum atomic E-state index is -0.699. The van der Waals surface area contributed by atoms with Gasteiger partial charge in [-0.1, -0.05) is 128 Å². The van der Waals surface area contributed by atoms with Crippen molar-refractivity contribution in [3.8, 4) is 0 Å². The summed E-state index contributed by atoms with van der Waals surface area (Å²) in [5.74, 6) is -0.0425. The van der Waals surface area contributed by atoms with E-state index >= 15 is 0 Å². The fraction of sp³-hybridized carbons (Fsp3) is 0.212. The van der Waals surface area contributed by atoms with E-state index < -0.39 is 8.95 Å². The first-order valence-corrected chi connectivity index (χ1v) is 15.3. The van der Waals surface area contributed by atoms with Crippen molar-refractivity contribution in [2.75, 3.05) is 5.01 Å². The molecule has 0 aliphatic carbocycles. The second-order valence-electron chi connectivity index (χ2n) is 9.87. The molecular weight excluding hydrogens is 540 g/mol. The lowest BCUT2D eigenvalue weighted by Gasteiger charge is -2.37. The molecule has 0 bridgehead atoms. The topological polar surface area (TPSA) is 32.7 Å². The van der Waals surface area contributed by atoms with Crippen molar-refractivity contribution in [3.05, 3.63) is 135 Å². The summed E-state index contributed by atoms with van der Waals surface area (Å²) < 4.78 is -1.21. The largest absolute Gasteiger partial charge is 0.292 e. The van der Waals surface area contributed by atoms with Gasteiger partial charge in [-0.05, 0) is 58.9 Å². The number of rotatable bonds is 6. The van der Waals surface area contributed by atoms with Crippen LogP contribution in [0.1, 0.15) is 54.2 Å². The molecule has 2 aliphatic rings. The molecule has 0 amide bonds. The van der Waals surface area contributed by atoms with E-state index in [1.807, 2.05) is 41.0 Å². The lowest BCUT2D eigenvalue weighted by atomic mass is 9.81. The smallest absolute Gasteiger partial charge is 0.187 e. The number of carbonyl (C=O) groups is 1. The lowest BCUT2D eigenvalue weighted by molar-refractivity contribution is -0.110. The van der Waals surface area contributed by atoms with Crippen LogP contribution in [0.3, 0.4) is 0 Å². The Hall–Kier alpha value is -2.99. The van der Waals surface area contributed by atoms with E-state index in [1.54, 1.807) is 6.92 Å². The summed E-state index contributed by atoms with van der Waals surface area (Å²) in [4.78, 5) is 12.8. The Labute approximate surface area is 243 Å². The third-order valence-corrected chi connectivity index (χ3v) is 11.2. The van der Waals surface area contributed by atoms with E-state index in [-0.39, 0.29) is 5.78 Å². The fourth-order valence-electron chi connectivity index (χ4n) is 5.49. The molecule has 6 rings (SSSR count). The van der Waals surface area contributed by atoms with Crippen LogP contribution in [0, 0.1) is 0 Å². The maximum absolute atomic E-state index is 12.8. The van der Waals surface area contributed by atoms with E-state index in [0.29, 0.717) is 10.1 Å². The number of Topliss-reactive ketones (excluding diaryl/α,β-unsaturated/α-hetero) is 1. The first-order chi connectivity index (χ1) is 18.9. The maximum atomic E-state index is 12.8. The number of hydrazone groups is 1. The number of hydrogen-bond acceptors (Lipinski definition) is 5. The predicted molar refractivity (Wildman–Crippen MR) is 167 cm³/mol. The first-order valence-electron chi connectivity index (χ1n) is 13.2. The van der Waals surface area contributed by atoms with Gasteiger partial charge in [0, 0.05) is 17.5 Å². The molecule has 2 heterocycles. The van der Waals surface area contributed by atoms with Gasteiger partial charge in [0.25, 0.3) is 0 Å². The van der Waals surface area contributed by atoms with Gasteiger partial charge in [0.05, 0.1) is 10.4 Å². The first kappa shape index (κ1) is 26.2. The highest BCUT2D eigenvalue weighted by atomic mass is 35.5. The van der Waals surface area contributed by atoms with Crippen LogP contribution in [0.5, 0.6) is 0 Å². The van der Waals surface area contributed by atoms with Crippen molar-refractivity contribution >= 4 is 51.6 Å². The van der Waals surface area contributed by atoms with Gasteiger partial charge in [-0.2, -0.15) is 5.10 Å². The molecule has 0 radical (unpaired) electrons. The molecule has 196 valence electrons. The van der Waals surface area contributed by atoms with Gasteiger partial charge < -0.3 is 0 Å². The van der Waals surface area contributed by atoms with Crippen LogP contribution in [-0.2, 0) is 26.6 Å². The highest BCUT2D eigenvalue weighted by Gasteiger charge is 2.61. The molecule has 0 unspecified atom stereocenters. The minimum Gasteiger partial charge on any atom is -0.292 e. The standard InChI is InChI=1S/C33H29ClN2OS2/c1-4-23-13-17-25(18-14-23)32(26-19-15-24(5-2)16-20-26)29-11-6-7-12-30(29)33(39-32)36(35-31(38-33)22(3)37)28-10-8-9-27(34)21-28/h6-21H,4-5H2,1-3H3/t33-/m0/s1. The molecule has 3 nitrogen and oxygen atoms in total. The van der Waals surface area contributed by atoms with Crippen molar-refractivity contribution in [2.24, 2.45) is 5.10 Å². The van der Waals surface area contributed by atoms with Gasteiger partial charge in [0.15, 0.2) is 15.0 Å². The summed E-state index contributed by atoms with van der Waals surface area (Å²) in [6, 6.07) is 34.4. The van der Waals surface area contributed by atoms with Crippen molar-refractivity contribution < 1.29 is 4.79 Å². The Morgan fingerprint density at radius 1 is 0.821 bits per heavy atom. The van der Waals surface area contributed by atoms with E-state index in [4.69, 9.17) is 16.7 Å². The molecule has 0 aromatic heterocycles. The Kier molecular flexibility index (Phi) is 6.86. The molecular formula is C33H29ClN2OS2. The average Bonchev–Trinajstić information content (AvgIpc) is 3.50. The minimum absolute atomic E-state index is 0.0425. The van der Waals surface area contributed by atoms with Crippen molar-refractivity contribution in [1.82, 2.24) is 0 Å². The zero-order chi connectivity index (χ0) is 27.2. The highest BCUT2D eigenvalue weighted by molar-refractivity contribution is 8.27. The van der Waals surface area contributed by atoms with Gasteiger partial charge in [0.1, 0.15) is 0 Å². The lowest BCUT2D eigenvalue weighted by Crippen LogP contribution is -2.34. The van der Waals surface area contributed by atoms with Crippen LogP contribution < -0.4 is 5.01 Å². The van der Waals surface area contributed by atoms with Crippen LogP contribution in [0.25, 0.3) is 0 Å². The van der Waals surface area contributed by atoms with Gasteiger partial charge in [0.2, 0.25) is 0 Å². The summed E-state index contributed by atoms with van der Waals surface area (Å²) in [5, 5.41) is 8.06. The van der Waals surface area contributed by atoms with Crippen LogP contribution >= 0.6 is 35.1 Å². The SMILES string of the molecule is CCc1ccc(C2(c3ccc(CC)cc3)S[C@@]3(SC(C(C)=O)=NN3c3cccc(Cl)c3)c3ccccc32)cc1. The van der Waals surface area contributed by atoms with E-state index in [2.05, 4.69) is 86.6 Å². The van der Waals surface area contributed by atoms with Gasteiger partial charge in [-0.15, -0.1) is 0 Å². The number of fused-ring (bicyclic) bond motifs is 2. The Morgan fingerprint density at radius 3 is 1.95 bits per heavy atom. The van der Waals surface area contributed by atoms with E-state index in [9.17, 15) is 4.79 Å². The molecule has 2 aliphatic heterocycles. The number of ketones is 1. The number of thioether (sulfide) groups is 2. The molecule has 1 atom stereocenters. The number of halogens is 1. The van der Waals surface area contributed by atoms with Crippen LogP contribution in [-0.4, -0.2) is 10.8 Å². The van der Waals surface area contributed by atoms with E-state index in [0.717, 1.165) is 24.1 Å². The number of nitrogens with zero attached hydrogens (tertiary/aromatic N) is 2. The van der Waals surface area contributed by atoms with Crippen molar-refractivity contribution in [2.45, 2.75) is 42.6 Å². The molecule has 0 saturated carbocycles. The Morgan fingerprint density at radius 2 is 1.41 bits per heavy atom. The number of hydrogen-bond donors (Lipinski definition) is 0. The molecule has 1 spiro atoms. The van der Waals surface area contributed by atoms with Crippen LogP contribution in [0.2, 0.25) is 5.02 Å². The van der Waals surface area contributed by atoms with Crippen molar-refractivity contribution in [3.63, 3.8) is 0 Å². The van der Waals surface area contributed by atoms with Gasteiger partial charge in [-0.25, -0.2) is 5.01 Å². The Balaban J connectivity index is 1.63. The summed E-state index contributed by atoms with van der Waals surface area (Å²) in [5.41, 5.74) is 8.23. The monoisotopic (exact) mass is 568 g/mol.